The monoisotopic (exact) mass is 1770 g/mol. The van der Waals surface area contributed by atoms with Gasteiger partial charge in [0.25, 0.3) is 11.8 Å². The Morgan fingerprint density at radius 1 is 0.466 bits per heavy atom. The highest BCUT2D eigenvalue weighted by Gasteiger charge is 2.41. The summed E-state index contributed by atoms with van der Waals surface area (Å²) in [6.07, 6.45) is 11.5. The number of anilines is 6. The normalized spacial score (nSPS) is 20.5. The number of hydrogen-bond acceptors (Lipinski definition) is 22. The number of ether oxygens (including phenoxy) is 3. The quantitative estimate of drug-likeness (QED) is 0.0400. The van der Waals surface area contributed by atoms with Crippen LogP contribution in [0.2, 0.25) is 0 Å². The van der Waals surface area contributed by atoms with Crippen LogP contribution >= 0.6 is 0 Å². The number of aromatic nitrogens is 6. The van der Waals surface area contributed by atoms with Gasteiger partial charge in [0.1, 0.15) is 68.7 Å². The standard InChI is InChI=1S/C34H40FN7O2.C34H39N7O3.C33H38FN7O2/c1-24-8-4-9-25-10-5-12-30(32(24)25)40-17-14-28-29(22-40)37-34(44-23-26-11-7-16-39(26)3)38-33(28)41-18-19-42(27(21-41)20-36-2)31(43)13-6-15-35;1-24-8-4-9-25-10-5-12-30(32(24)25)39-16-14-28-29(22-39)36-34(44-23-26-11-6-15-38(26)3)37-33(28)40-17-18-41(27(21-40)20-35-2)31(43)13-7-19-42;1-22-8-5-9-24-10-6-12-29(30(22)24)39-15-13-27-28(20-39)36-33(43-21-25-11-7-14-38(25)4)37-31(27)40-16-17-41(32(42)23(2)34)26(19-40)18-35-3/h4-6,8-10,12-13,26-27H,7,11,14-23H2,1,3H3;4-5,8-10,12,26-27,42H,6,11,14-23H2,1,3H3;5-6,8-10,12,25-26H,2,7,11,13-21H2,1,4H3/b13-6+;;/t2*26-,27-;25-,26-/m000/s1. The Kier molecular flexibility index (Phi) is 29.3. The summed E-state index contributed by atoms with van der Waals surface area (Å²) in [5.41, 5.74) is 13.4. The van der Waals surface area contributed by atoms with E-state index < -0.39 is 24.5 Å². The van der Waals surface area contributed by atoms with Crippen molar-refractivity contribution in [3.63, 3.8) is 0 Å². The van der Waals surface area contributed by atoms with Gasteiger partial charge in [0.2, 0.25) is 25.5 Å². The van der Waals surface area contributed by atoms with Crippen LogP contribution in [0.4, 0.5) is 43.3 Å². The Labute approximate surface area is 766 Å². The molecule has 6 atom stereocenters. The molecule has 28 nitrogen and oxygen atoms in total. The first-order valence-electron chi connectivity index (χ1n) is 46.0. The fourth-order valence-corrected chi connectivity index (χ4v) is 20.5. The number of aliphatic hydroxyl groups is 1. The van der Waals surface area contributed by atoms with E-state index in [-0.39, 0.29) is 56.7 Å². The molecule has 9 aliphatic rings. The minimum atomic E-state index is -1.00. The van der Waals surface area contributed by atoms with Gasteiger partial charge in [0.05, 0.1) is 36.7 Å². The molecular weight excluding hydrogens is 1660 g/mol. The highest BCUT2D eigenvalue weighted by Crippen LogP contribution is 2.42. The fourth-order valence-electron chi connectivity index (χ4n) is 20.5. The van der Waals surface area contributed by atoms with Crippen LogP contribution in [0.15, 0.2) is 134 Å². The van der Waals surface area contributed by atoms with E-state index in [9.17, 15) is 23.2 Å². The summed E-state index contributed by atoms with van der Waals surface area (Å²) in [5.74, 6) is 5.04. The maximum Gasteiger partial charge on any atom is 0.318 e. The molecule has 0 radical (unpaired) electrons. The average molecular weight is 1780 g/mol. The first-order chi connectivity index (χ1) is 63.8. The molecular formula is C101H117F2N21O7. The summed E-state index contributed by atoms with van der Waals surface area (Å²) >= 11 is 0. The number of hydrogen-bond donors (Lipinski definition) is 1. The first-order valence-corrected chi connectivity index (χ1v) is 46.0. The summed E-state index contributed by atoms with van der Waals surface area (Å²) in [6.45, 7) is 44.7. The Bertz CT molecular complexity index is 5930. The molecule has 9 aliphatic heterocycles. The van der Waals surface area contributed by atoms with Crippen LogP contribution < -0.4 is 43.6 Å². The molecule has 0 aliphatic carbocycles. The maximum absolute atomic E-state index is 13.8. The van der Waals surface area contributed by atoms with Crippen LogP contribution in [0, 0.1) is 52.3 Å². The average Bonchev–Trinajstić information content (AvgIpc) is 1.53. The number of rotatable bonds is 21. The third-order valence-electron chi connectivity index (χ3n) is 27.5. The van der Waals surface area contributed by atoms with E-state index in [2.05, 4.69) is 228 Å². The molecule has 0 unspecified atom stereocenters. The van der Waals surface area contributed by atoms with Crippen molar-refractivity contribution in [2.24, 2.45) is 0 Å². The number of benzene rings is 6. The van der Waals surface area contributed by atoms with Gasteiger partial charge in [-0.15, -0.1) is 0 Å². The zero-order chi connectivity index (χ0) is 91.3. The van der Waals surface area contributed by atoms with Gasteiger partial charge < -0.3 is 92.7 Å². The van der Waals surface area contributed by atoms with Crippen LogP contribution in [0.1, 0.15) is 89.0 Å². The zero-order valence-electron chi connectivity index (χ0n) is 76.0. The largest absolute Gasteiger partial charge is 0.462 e. The fraction of sp³-hybridized carbons (Fsp3) is 0.465. The molecule has 131 heavy (non-hydrogen) atoms. The molecule has 30 heteroatoms. The SMILES string of the molecule is [C-]#[N+]C[C@H]1CN(c2nc(OC[C@@H]3CCCN3C)nc3c2CCN(c2cccc4cccc(C)c24)C3)CCN1C(=O)/C=C/CF.[C-]#[N+]C[C@H]1CN(c2nc(OC[C@@H]3CCCN3C)nc3c2CCN(c2cccc4cccc(C)c24)C3)CCN1C(=O)C#CCO.[C-]#[N+]C[C@H]1CN(c2nc(OC[C@@H]3CCCN3C)nc3c2CCN(c2cccc4cccc(C)c24)C3)CCN1C(=O)C(=C)F. The molecule has 6 fully saturated rings. The van der Waals surface area contributed by atoms with Gasteiger partial charge in [0.15, 0.2) is 5.83 Å². The Morgan fingerprint density at radius 3 is 1.15 bits per heavy atom. The lowest BCUT2D eigenvalue weighted by Crippen LogP contribution is -2.57. The summed E-state index contributed by atoms with van der Waals surface area (Å²) < 4.78 is 45.4. The van der Waals surface area contributed by atoms with E-state index in [1.807, 2.05) is 0 Å². The van der Waals surface area contributed by atoms with Crippen molar-refractivity contribution in [3.05, 3.63) is 218 Å². The zero-order valence-corrected chi connectivity index (χ0v) is 76.0. The van der Waals surface area contributed by atoms with Crippen LogP contribution in [0.25, 0.3) is 46.9 Å². The van der Waals surface area contributed by atoms with Crippen LogP contribution in [-0.4, -0.2) is 290 Å². The molecule has 6 saturated heterocycles. The number of aliphatic hydroxyl groups excluding tert-OH is 1. The molecule has 3 aromatic heterocycles. The third kappa shape index (κ3) is 20.5. The molecule has 0 spiro atoms. The van der Waals surface area contributed by atoms with Crippen molar-refractivity contribution >= 4 is 84.6 Å². The van der Waals surface area contributed by atoms with Crippen LogP contribution in [-0.2, 0) is 53.3 Å². The number of piperazine rings is 3. The molecule has 6 aromatic carbocycles. The second kappa shape index (κ2) is 41.9. The first kappa shape index (κ1) is 91.5. The molecule has 18 rings (SSSR count). The Hall–Kier alpha value is -12.8. The second-order valence-corrected chi connectivity index (χ2v) is 35.7. The maximum atomic E-state index is 13.8. The van der Waals surface area contributed by atoms with Gasteiger partial charge in [0, 0.05) is 153 Å². The summed E-state index contributed by atoms with van der Waals surface area (Å²) in [5, 5.41) is 16.5. The number of amides is 3. The Morgan fingerprint density at radius 2 is 0.809 bits per heavy atom. The number of halogens is 2. The van der Waals surface area contributed by atoms with Gasteiger partial charge in [-0.2, -0.15) is 29.9 Å². The predicted octanol–water partition coefficient (Wildman–Crippen LogP) is 11.7. The predicted molar refractivity (Wildman–Crippen MR) is 508 cm³/mol. The van der Waals surface area contributed by atoms with Gasteiger partial charge in [-0.25, -0.2) is 28.5 Å². The second-order valence-electron chi connectivity index (χ2n) is 35.7. The number of likely N-dealkylation sites (tertiary alicyclic amines) is 3. The molecule has 12 heterocycles. The van der Waals surface area contributed by atoms with Crippen molar-refractivity contribution < 1.29 is 42.5 Å². The lowest BCUT2D eigenvalue weighted by molar-refractivity contribution is -0.131. The molecule has 0 saturated carbocycles. The number of carbonyl (C=O) groups is 3. The summed E-state index contributed by atoms with van der Waals surface area (Å²) in [6, 6.07) is 39.6. The summed E-state index contributed by atoms with van der Waals surface area (Å²) in [4.78, 5) is 104. The van der Waals surface area contributed by atoms with E-state index in [1.54, 1.807) is 9.80 Å². The van der Waals surface area contributed by atoms with E-state index >= 15 is 0 Å². The molecule has 0 bridgehead atoms. The highest BCUT2D eigenvalue weighted by molar-refractivity contribution is 6.00. The number of likely N-dealkylation sites (N-methyl/N-ethyl adjacent to an activating group) is 3. The lowest BCUT2D eigenvalue weighted by Gasteiger charge is -2.41. The lowest BCUT2D eigenvalue weighted by atomic mass is 9.99. The number of aryl methyl sites for hydroxylation is 3. The molecule has 3 amide bonds. The van der Waals surface area contributed by atoms with Crippen LogP contribution in [0.3, 0.4) is 0 Å². The Balaban J connectivity index is 0.000000144. The van der Waals surface area contributed by atoms with Gasteiger partial charge in [-0.05, 0) is 182 Å². The topological polar surface area (TPSA) is 228 Å². The number of alkyl halides is 1. The van der Waals surface area contributed by atoms with Gasteiger partial charge in [-0.1, -0.05) is 103 Å². The van der Waals surface area contributed by atoms with E-state index in [0.717, 1.165) is 148 Å². The van der Waals surface area contributed by atoms with Crippen molar-refractivity contribution in [1.82, 2.24) is 59.3 Å². The molecule has 682 valence electrons. The molecule has 1 N–H and O–H groups in total. The van der Waals surface area contributed by atoms with Crippen molar-refractivity contribution in [3.8, 4) is 29.9 Å². The highest BCUT2D eigenvalue weighted by atomic mass is 19.1. The minimum absolute atomic E-state index is 0.0778. The van der Waals surface area contributed by atoms with Crippen molar-refractivity contribution in [2.45, 2.75) is 134 Å². The van der Waals surface area contributed by atoms with Gasteiger partial charge >= 0.3 is 18.0 Å². The van der Waals surface area contributed by atoms with Crippen LogP contribution in [0.5, 0.6) is 18.0 Å². The van der Waals surface area contributed by atoms with E-state index in [1.165, 1.54) is 83.1 Å². The minimum Gasteiger partial charge on any atom is -0.462 e. The smallest absolute Gasteiger partial charge is 0.318 e. The van der Waals surface area contributed by atoms with E-state index in [0.29, 0.717) is 128 Å². The van der Waals surface area contributed by atoms with Crippen molar-refractivity contribution in [1.29, 1.82) is 0 Å². The summed E-state index contributed by atoms with van der Waals surface area (Å²) in [7, 11) is 6.38. The van der Waals surface area contributed by atoms with E-state index in [4.69, 9.17) is 68.9 Å². The number of allylic oxidation sites excluding steroid dienone is 1. The molecule has 9 aromatic rings. The number of fused-ring (bicyclic) bond motifs is 6. The number of carbonyl (C=O) groups excluding carboxylic acids is 3. The van der Waals surface area contributed by atoms with Gasteiger partial charge in [-0.3, -0.25) is 14.4 Å². The number of nitrogens with zero attached hydrogens (tertiary/aromatic N) is 21. The van der Waals surface area contributed by atoms with Crippen molar-refractivity contribution in [2.75, 3.05) is 201 Å². The third-order valence-corrected chi connectivity index (χ3v) is 27.5.